The van der Waals surface area contributed by atoms with E-state index >= 15 is 0 Å². The van der Waals surface area contributed by atoms with E-state index in [1.165, 1.54) is 11.8 Å². The molecule has 162 valence electrons. The van der Waals surface area contributed by atoms with Gasteiger partial charge in [-0.1, -0.05) is 11.8 Å². The van der Waals surface area contributed by atoms with Crippen LogP contribution in [0.25, 0.3) is 11.0 Å². The van der Waals surface area contributed by atoms with Crippen LogP contribution in [0.5, 0.6) is 0 Å². The summed E-state index contributed by atoms with van der Waals surface area (Å²) in [5.41, 5.74) is 4.80. The summed E-state index contributed by atoms with van der Waals surface area (Å²) in [6.45, 7) is 1.68. The van der Waals surface area contributed by atoms with Crippen LogP contribution in [0.4, 0.5) is 32.2 Å². The van der Waals surface area contributed by atoms with Gasteiger partial charge in [0.2, 0.25) is 0 Å². The SMILES string of the molecule is CSc1cc(N)nc(SC(C)c2cc3c(C(C(F)(F)F)C(F)(F)F)coc3cn2)n1. The third-order valence-corrected chi connectivity index (χ3v) is 5.70. The molecule has 5 nitrogen and oxygen atoms in total. The minimum atomic E-state index is -5.53. The Hall–Kier alpha value is -2.15. The van der Waals surface area contributed by atoms with Crippen molar-refractivity contribution in [2.75, 3.05) is 12.0 Å². The third-order valence-electron chi connectivity index (χ3n) is 4.09. The predicted octanol–water partition coefficient (Wildman–Crippen LogP) is 5.98. The monoisotopic (exact) mass is 468 g/mol. The largest absolute Gasteiger partial charge is 0.462 e. The molecule has 0 fully saturated rings. The van der Waals surface area contributed by atoms with E-state index < -0.39 is 29.1 Å². The maximum atomic E-state index is 13.2. The molecule has 1 unspecified atom stereocenters. The number of nitrogens with two attached hydrogens (primary N) is 1. The van der Waals surface area contributed by atoms with Crippen molar-refractivity contribution in [1.82, 2.24) is 15.0 Å². The van der Waals surface area contributed by atoms with E-state index in [0.717, 1.165) is 24.0 Å². The van der Waals surface area contributed by atoms with E-state index in [-0.39, 0.29) is 22.5 Å². The molecule has 2 N–H and O–H groups in total. The lowest BCUT2D eigenvalue weighted by Crippen LogP contribution is -2.33. The van der Waals surface area contributed by atoms with Crippen LogP contribution in [0.2, 0.25) is 0 Å². The Bertz CT molecular complexity index is 1040. The number of furan rings is 1. The number of fused-ring (bicyclic) bond motifs is 1. The molecule has 3 heterocycles. The summed E-state index contributed by atoms with van der Waals surface area (Å²) in [5, 5.41) is 0.148. The summed E-state index contributed by atoms with van der Waals surface area (Å²) in [6, 6.07) is 2.74. The van der Waals surface area contributed by atoms with E-state index in [9.17, 15) is 26.3 Å². The molecule has 0 radical (unpaired) electrons. The number of halogens is 6. The summed E-state index contributed by atoms with van der Waals surface area (Å²) in [7, 11) is 0. The van der Waals surface area contributed by atoms with Crippen molar-refractivity contribution in [2.45, 2.75) is 40.6 Å². The number of rotatable bonds is 5. The van der Waals surface area contributed by atoms with Gasteiger partial charge in [-0.15, -0.1) is 11.8 Å². The van der Waals surface area contributed by atoms with Crippen molar-refractivity contribution < 1.29 is 30.8 Å². The van der Waals surface area contributed by atoms with Gasteiger partial charge in [0.05, 0.1) is 23.4 Å². The fourth-order valence-electron chi connectivity index (χ4n) is 2.75. The van der Waals surface area contributed by atoms with Gasteiger partial charge < -0.3 is 10.2 Å². The smallest absolute Gasteiger partial charge is 0.404 e. The molecule has 3 rings (SSSR count). The molecule has 1 atom stereocenters. The molecule has 0 aliphatic rings. The van der Waals surface area contributed by atoms with E-state index in [1.54, 1.807) is 19.2 Å². The van der Waals surface area contributed by atoms with Crippen molar-refractivity contribution in [1.29, 1.82) is 0 Å². The van der Waals surface area contributed by atoms with E-state index in [2.05, 4.69) is 15.0 Å². The minimum Gasteiger partial charge on any atom is -0.462 e. The van der Waals surface area contributed by atoms with Gasteiger partial charge in [-0.05, 0) is 19.2 Å². The number of nitrogens with zero attached hydrogens (tertiary/aromatic N) is 3. The molecule has 3 aromatic heterocycles. The van der Waals surface area contributed by atoms with Gasteiger partial charge in [-0.2, -0.15) is 26.3 Å². The second-order valence-electron chi connectivity index (χ2n) is 6.19. The standard InChI is InChI=1S/C17H14F6N4OS2/c1-7(30-15-26-12(24)4-13(27-15)29-2)10-3-8-9(6-28-11(8)5-25-10)14(16(18,19)20)17(21,22)23/h3-7,14H,1-2H3,(H2,24,26,27). The lowest BCUT2D eigenvalue weighted by molar-refractivity contribution is -0.253. The molecule has 0 aromatic carbocycles. The summed E-state index contributed by atoms with van der Waals surface area (Å²) >= 11 is 2.47. The Labute approximate surface area is 174 Å². The van der Waals surface area contributed by atoms with Crippen LogP contribution in [0.15, 0.2) is 39.2 Å². The average molecular weight is 468 g/mol. The van der Waals surface area contributed by atoms with E-state index in [0.29, 0.717) is 16.4 Å². The third kappa shape index (κ3) is 4.77. The number of pyridine rings is 1. The Morgan fingerprint density at radius 3 is 2.33 bits per heavy atom. The van der Waals surface area contributed by atoms with Crippen LogP contribution >= 0.6 is 23.5 Å². The van der Waals surface area contributed by atoms with Crippen LogP contribution < -0.4 is 5.73 Å². The topological polar surface area (TPSA) is 77.8 Å². The average Bonchev–Trinajstić information content (AvgIpc) is 3.01. The number of thioether (sulfide) groups is 2. The van der Waals surface area contributed by atoms with Gasteiger partial charge in [0.25, 0.3) is 0 Å². The highest BCUT2D eigenvalue weighted by Crippen LogP contribution is 2.49. The molecule has 0 aliphatic heterocycles. The zero-order chi connectivity index (χ0) is 22.3. The number of hydrogen-bond donors (Lipinski definition) is 1. The minimum absolute atomic E-state index is 0.172. The Kier molecular flexibility index (Phi) is 6.14. The van der Waals surface area contributed by atoms with Crippen LogP contribution in [-0.2, 0) is 0 Å². The lowest BCUT2D eigenvalue weighted by atomic mass is 9.97. The second-order valence-corrected chi connectivity index (χ2v) is 8.32. The maximum absolute atomic E-state index is 13.2. The first-order valence-electron chi connectivity index (χ1n) is 8.25. The Morgan fingerprint density at radius 2 is 1.73 bits per heavy atom. The molecular weight excluding hydrogens is 454 g/mol. The first kappa shape index (κ1) is 22.5. The number of nitrogen functional groups attached to an aromatic ring is 1. The number of hydrogen-bond acceptors (Lipinski definition) is 7. The number of aromatic nitrogens is 3. The van der Waals surface area contributed by atoms with E-state index in [1.807, 2.05) is 0 Å². The number of alkyl halides is 6. The molecule has 13 heteroatoms. The number of anilines is 1. The molecule has 0 saturated heterocycles. The van der Waals surface area contributed by atoms with Gasteiger partial charge >= 0.3 is 12.4 Å². The first-order chi connectivity index (χ1) is 13.9. The summed E-state index contributed by atoms with van der Waals surface area (Å²) in [4.78, 5) is 12.4. The molecule has 0 aliphatic carbocycles. The van der Waals surface area contributed by atoms with Crippen molar-refractivity contribution in [3.05, 3.63) is 35.9 Å². The summed E-state index contributed by atoms with van der Waals surface area (Å²) in [6.07, 6.45) is -7.67. The fraction of sp³-hybridized carbons (Fsp3) is 0.353. The Morgan fingerprint density at radius 1 is 1.07 bits per heavy atom. The van der Waals surface area contributed by atoms with Gasteiger partial charge in [-0.25, -0.2) is 9.97 Å². The summed E-state index contributed by atoms with van der Waals surface area (Å²) < 4.78 is 83.8. The van der Waals surface area contributed by atoms with Gasteiger partial charge in [-0.3, -0.25) is 4.98 Å². The lowest BCUT2D eigenvalue weighted by Gasteiger charge is -2.22. The van der Waals surface area contributed by atoms with Crippen molar-refractivity contribution >= 4 is 40.3 Å². The molecule has 0 spiro atoms. The molecule has 3 aromatic rings. The predicted molar refractivity (Wildman–Crippen MR) is 101 cm³/mol. The van der Waals surface area contributed by atoms with Crippen LogP contribution in [-0.4, -0.2) is 33.6 Å². The zero-order valence-electron chi connectivity index (χ0n) is 15.4. The van der Waals surface area contributed by atoms with Gasteiger partial charge in [0.1, 0.15) is 10.8 Å². The van der Waals surface area contributed by atoms with Crippen molar-refractivity contribution in [2.24, 2.45) is 0 Å². The zero-order valence-corrected chi connectivity index (χ0v) is 17.0. The van der Waals surface area contributed by atoms with Gasteiger partial charge in [0, 0.05) is 17.0 Å². The molecular formula is C17H14F6N4OS2. The van der Waals surface area contributed by atoms with Crippen molar-refractivity contribution in [3.63, 3.8) is 0 Å². The maximum Gasteiger partial charge on any atom is 0.404 e. The molecule has 0 saturated carbocycles. The molecule has 30 heavy (non-hydrogen) atoms. The highest BCUT2D eigenvalue weighted by Gasteiger charge is 2.58. The van der Waals surface area contributed by atoms with Gasteiger partial charge in [0.15, 0.2) is 16.7 Å². The normalized spacial score (nSPS) is 13.9. The summed E-state index contributed by atoms with van der Waals surface area (Å²) in [5.74, 6) is -3.42. The Balaban J connectivity index is 1.99. The molecule has 0 bridgehead atoms. The van der Waals surface area contributed by atoms with Crippen LogP contribution in [0.1, 0.15) is 29.3 Å². The van der Waals surface area contributed by atoms with Crippen LogP contribution in [0.3, 0.4) is 0 Å². The highest BCUT2D eigenvalue weighted by molar-refractivity contribution is 7.99. The highest BCUT2D eigenvalue weighted by atomic mass is 32.2. The van der Waals surface area contributed by atoms with E-state index in [4.69, 9.17) is 10.2 Å². The quantitative estimate of drug-likeness (QED) is 0.213. The molecule has 0 amide bonds. The first-order valence-corrected chi connectivity index (χ1v) is 10.4. The van der Waals surface area contributed by atoms with Crippen molar-refractivity contribution in [3.8, 4) is 0 Å². The second kappa shape index (κ2) is 8.17. The van der Waals surface area contributed by atoms with Crippen LogP contribution in [0, 0.1) is 0 Å². The fourth-order valence-corrected chi connectivity index (χ4v) is 4.10.